The van der Waals surface area contributed by atoms with E-state index in [0.29, 0.717) is 5.89 Å². The zero-order valence-corrected chi connectivity index (χ0v) is 30.7. The highest BCUT2D eigenvalue weighted by Gasteiger charge is 2.20. The van der Waals surface area contributed by atoms with Crippen molar-refractivity contribution in [2.45, 2.75) is 12.8 Å². The summed E-state index contributed by atoms with van der Waals surface area (Å²) in [6.07, 6.45) is 6.23. The van der Waals surface area contributed by atoms with E-state index in [1.165, 1.54) is 77.1 Å². The number of nitrogens with zero attached hydrogens (tertiary/aromatic N) is 2. The molecule has 1 aliphatic carbocycles. The Morgan fingerprint density at radius 1 is 0.429 bits per heavy atom. The van der Waals surface area contributed by atoms with Gasteiger partial charge < -0.3 is 8.98 Å². The Bertz CT molecular complexity index is 3160. The second-order valence-electron chi connectivity index (χ2n) is 14.6. The highest BCUT2D eigenvalue weighted by Crippen LogP contribution is 2.43. The molecule has 0 bridgehead atoms. The summed E-state index contributed by atoms with van der Waals surface area (Å²) in [6.45, 7) is 0. The van der Waals surface area contributed by atoms with E-state index in [0.717, 1.165) is 35.2 Å². The number of oxazole rings is 1. The minimum atomic E-state index is 0.716. The lowest BCUT2D eigenvalue weighted by Crippen LogP contribution is -1.97. The predicted molar refractivity (Wildman–Crippen MR) is 234 cm³/mol. The molecule has 0 unspecified atom stereocenters. The molecule has 0 aliphatic heterocycles. The fourth-order valence-electron chi connectivity index (χ4n) is 8.71. The molecule has 10 aromatic rings. The van der Waals surface area contributed by atoms with Gasteiger partial charge in [-0.05, 0) is 117 Å². The Morgan fingerprint density at radius 3 is 1.75 bits per heavy atom. The summed E-state index contributed by atoms with van der Waals surface area (Å²) in [6, 6.07) is 65.6. The van der Waals surface area contributed by atoms with Crippen LogP contribution in [0.25, 0.3) is 93.9 Å². The highest BCUT2D eigenvalue weighted by atomic mass is 16.3. The van der Waals surface area contributed by atoms with Crippen LogP contribution < -0.4 is 0 Å². The van der Waals surface area contributed by atoms with E-state index in [1.807, 2.05) is 24.3 Å². The summed E-state index contributed by atoms with van der Waals surface area (Å²) in [5.74, 6) is 0.716. The molecule has 0 N–H and O–H groups in total. The molecule has 0 radical (unpaired) electrons. The minimum Gasteiger partial charge on any atom is -0.436 e. The molecule has 0 saturated carbocycles. The second-order valence-corrected chi connectivity index (χ2v) is 14.6. The molecule has 1 aliphatic rings. The third-order valence-electron chi connectivity index (χ3n) is 11.4. The quantitative estimate of drug-likeness (QED) is 0.172. The van der Waals surface area contributed by atoms with Gasteiger partial charge >= 0.3 is 0 Å². The van der Waals surface area contributed by atoms with Gasteiger partial charge in [-0.1, -0.05) is 146 Å². The first-order valence-corrected chi connectivity index (χ1v) is 19.3. The van der Waals surface area contributed by atoms with Gasteiger partial charge in [-0.25, -0.2) is 4.98 Å². The highest BCUT2D eigenvalue weighted by molar-refractivity contribution is 6.13. The van der Waals surface area contributed by atoms with Gasteiger partial charge in [0.15, 0.2) is 5.58 Å². The largest absolute Gasteiger partial charge is 0.436 e. The van der Waals surface area contributed by atoms with Crippen molar-refractivity contribution in [3.8, 4) is 39.1 Å². The fraction of sp³-hybridized carbons (Fsp3) is 0.0377. The van der Waals surface area contributed by atoms with Crippen molar-refractivity contribution in [1.82, 2.24) is 9.55 Å². The fourth-order valence-corrected chi connectivity index (χ4v) is 8.71. The molecule has 3 heteroatoms. The first kappa shape index (κ1) is 32.2. The van der Waals surface area contributed by atoms with Gasteiger partial charge in [-0.2, -0.15) is 0 Å². The van der Waals surface area contributed by atoms with Crippen LogP contribution in [0, 0.1) is 0 Å². The van der Waals surface area contributed by atoms with Gasteiger partial charge in [0.05, 0.1) is 11.0 Å². The topological polar surface area (TPSA) is 31.0 Å². The van der Waals surface area contributed by atoms with Crippen LogP contribution in [-0.2, 0) is 0 Å². The lowest BCUT2D eigenvalue weighted by Gasteiger charge is -2.19. The summed E-state index contributed by atoms with van der Waals surface area (Å²) in [7, 11) is 0. The summed E-state index contributed by atoms with van der Waals surface area (Å²) < 4.78 is 8.53. The SMILES string of the molecule is C1=C(c2nc3ccccc3o2)CCC(c2ccccc2-c2ccccc2-c2ccc3c(c2)c2cc(-c4cccc5ccccc45)ccc2n3-c2ccccc2)=C1. The van der Waals surface area contributed by atoms with Gasteiger partial charge in [0.25, 0.3) is 0 Å². The molecule has 0 atom stereocenters. The van der Waals surface area contributed by atoms with Crippen molar-refractivity contribution in [2.75, 3.05) is 0 Å². The van der Waals surface area contributed by atoms with Crippen molar-refractivity contribution < 1.29 is 4.42 Å². The van der Waals surface area contributed by atoms with Crippen molar-refractivity contribution in [3.05, 3.63) is 206 Å². The van der Waals surface area contributed by atoms with Crippen LogP contribution in [0.2, 0.25) is 0 Å². The Kier molecular flexibility index (Phi) is 7.63. The second kappa shape index (κ2) is 13.3. The third kappa shape index (κ3) is 5.39. The minimum absolute atomic E-state index is 0.716. The van der Waals surface area contributed by atoms with Gasteiger partial charge in [0.1, 0.15) is 5.52 Å². The molecule has 2 heterocycles. The number of hydrogen-bond acceptors (Lipinski definition) is 2. The Labute approximate surface area is 325 Å². The number of benzene rings is 8. The molecule has 0 fully saturated rings. The van der Waals surface area contributed by atoms with E-state index in [9.17, 15) is 0 Å². The molecule has 3 nitrogen and oxygen atoms in total. The van der Waals surface area contributed by atoms with E-state index in [1.54, 1.807) is 0 Å². The third-order valence-corrected chi connectivity index (χ3v) is 11.4. The number of aromatic nitrogens is 2. The first-order valence-electron chi connectivity index (χ1n) is 19.3. The van der Waals surface area contributed by atoms with E-state index < -0.39 is 0 Å². The first-order chi connectivity index (χ1) is 27.8. The van der Waals surface area contributed by atoms with E-state index in [2.05, 4.69) is 174 Å². The normalized spacial score (nSPS) is 13.1. The molecule has 2 aromatic heterocycles. The van der Waals surface area contributed by atoms with Crippen molar-refractivity contribution in [1.29, 1.82) is 0 Å². The Morgan fingerprint density at radius 2 is 1.00 bits per heavy atom. The smallest absolute Gasteiger partial charge is 0.223 e. The summed E-state index contributed by atoms with van der Waals surface area (Å²) in [4.78, 5) is 4.77. The number of fused-ring (bicyclic) bond motifs is 5. The molecule has 0 spiro atoms. The zero-order chi connectivity index (χ0) is 37.0. The van der Waals surface area contributed by atoms with Crippen LogP contribution in [0.3, 0.4) is 0 Å². The standard InChI is InChI=1S/C53H36N2O/c1-2-15-40(16-3-1)55-50-31-29-38(43-22-12-14-35-13-4-5-17-41(35)43)33-47(50)48-34-39(30-32-51(48)55)44-19-7-9-21-46(44)45-20-8-6-18-42(45)36-25-27-37(28-26-36)53-54-49-23-10-11-24-52(49)56-53/h1-25,27,29-34H,26,28H2. The molecular formula is C53H36N2O. The number of para-hydroxylation sites is 3. The lowest BCUT2D eigenvalue weighted by molar-refractivity contribution is 0.580. The molecular weight excluding hydrogens is 681 g/mol. The van der Waals surface area contributed by atoms with Crippen molar-refractivity contribution in [2.24, 2.45) is 0 Å². The van der Waals surface area contributed by atoms with Crippen LogP contribution >= 0.6 is 0 Å². The molecule has 56 heavy (non-hydrogen) atoms. The van der Waals surface area contributed by atoms with Gasteiger partial charge in [0, 0.05) is 22.0 Å². The lowest BCUT2D eigenvalue weighted by atomic mass is 9.86. The number of hydrogen-bond donors (Lipinski definition) is 0. The maximum absolute atomic E-state index is 6.13. The average Bonchev–Trinajstić information content (AvgIpc) is 3.86. The monoisotopic (exact) mass is 716 g/mol. The number of allylic oxidation sites excluding steroid dienone is 4. The molecule has 0 saturated heterocycles. The molecule has 11 rings (SSSR count). The summed E-state index contributed by atoms with van der Waals surface area (Å²) in [5, 5.41) is 4.99. The maximum Gasteiger partial charge on any atom is 0.223 e. The van der Waals surface area contributed by atoms with Gasteiger partial charge in [-0.3, -0.25) is 0 Å². The Balaban J connectivity index is 1.05. The van der Waals surface area contributed by atoms with E-state index >= 15 is 0 Å². The summed E-state index contributed by atoms with van der Waals surface area (Å²) >= 11 is 0. The Hall–Kier alpha value is -7.23. The van der Waals surface area contributed by atoms with Gasteiger partial charge in [-0.15, -0.1) is 0 Å². The van der Waals surface area contributed by atoms with E-state index in [4.69, 9.17) is 9.40 Å². The molecule has 0 amide bonds. The maximum atomic E-state index is 6.13. The van der Waals surface area contributed by atoms with Crippen LogP contribution in [-0.4, -0.2) is 9.55 Å². The van der Waals surface area contributed by atoms with Crippen LogP contribution in [0.1, 0.15) is 24.3 Å². The van der Waals surface area contributed by atoms with E-state index in [-0.39, 0.29) is 0 Å². The molecule has 8 aromatic carbocycles. The van der Waals surface area contributed by atoms with Gasteiger partial charge in [0.2, 0.25) is 5.89 Å². The number of rotatable bonds is 6. The van der Waals surface area contributed by atoms with Crippen LogP contribution in [0.4, 0.5) is 0 Å². The zero-order valence-electron chi connectivity index (χ0n) is 30.7. The predicted octanol–water partition coefficient (Wildman–Crippen LogP) is 14.3. The van der Waals surface area contributed by atoms with Crippen LogP contribution in [0.15, 0.2) is 199 Å². The summed E-state index contributed by atoms with van der Waals surface area (Å²) in [5.41, 5.74) is 16.3. The average molecular weight is 717 g/mol. The van der Waals surface area contributed by atoms with Crippen molar-refractivity contribution >= 4 is 54.8 Å². The molecule has 264 valence electrons. The van der Waals surface area contributed by atoms with Crippen LogP contribution in [0.5, 0.6) is 0 Å². The van der Waals surface area contributed by atoms with Crippen molar-refractivity contribution in [3.63, 3.8) is 0 Å².